The van der Waals surface area contributed by atoms with Crippen molar-refractivity contribution in [3.63, 3.8) is 0 Å². The van der Waals surface area contributed by atoms with Crippen LogP contribution in [-0.4, -0.2) is 49.6 Å². The largest absolute Gasteiger partial charge is 0.355 e. The van der Waals surface area contributed by atoms with Crippen molar-refractivity contribution >= 4 is 5.91 Å². The summed E-state index contributed by atoms with van der Waals surface area (Å²) in [6.45, 7) is 6.97. The third kappa shape index (κ3) is 5.04. The van der Waals surface area contributed by atoms with E-state index < -0.39 is 0 Å². The highest BCUT2D eigenvalue weighted by molar-refractivity contribution is 5.81. The van der Waals surface area contributed by atoms with Crippen LogP contribution in [-0.2, 0) is 4.79 Å². The molecule has 0 aliphatic carbocycles. The van der Waals surface area contributed by atoms with E-state index in [-0.39, 0.29) is 11.9 Å². The van der Waals surface area contributed by atoms with Crippen LogP contribution in [0.2, 0.25) is 0 Å². The number of hydrogen-bond donors (Lipinski definition) is 2. The molecule has 0 saturated carbocycles. The molecule has 1 aliphatic rings. The highest BCUT2D eigenvalue weighted by Gasteiger charge is 2.22. The zero-order valence-electron chi connectivity index (χ0n) is 11.5. The van der Waals surface area contributed by atoms with Crippen molar-refractivity contribution < 1.29 is 4.79 Å². The van der Waals surface area contributed by atoms with Crippen LogP contribution in [0.1, 0.15) is 39.5 Å². The van der Waals surface area contributed by atoms with Gasteiger partial charge >= 0.3 is 0 Å². The second-order valence-electron chi connectivity index (χ2n) is 5.05. The molecule has 0 radical (unpaired) electrons. The van der Waals surface area contributed by atoms with Crippen LogP contribution in [0, 0.1) is 0 Å². The van der Waals surface area contributed by atoms with Gasteiger partial charge in [-0.25, -0.2) is 0 Å². The molecule has 1 rings (SSSR count). The Bertz CT molecular complexity index is 233. The Morgan fingerprint density at radius 2 is 2.29 bits per heavy atom. The van der Waals surface area contributed by atoms with Crippen molar-refractivity contribution in [1.29, 1.82) is 0 Å². The number of carbonyl (C=O) groups is 1. The summed E-state index contributed by atoms with van der Waals surface area (Å²) in [6.07, 6.45) is 4.70. The van der Waals surface area contributed by atoms with Crippen molar-refractivity contribution in [1.82, 2.24) is 15.5 Å². The Hall–Kier alpha value is -0.610. The average Bonchev–Trinajstić information content (AvgIpc) is 2.72. The maximum Gasteiger partial charge on any atom is 0.236 e. The molecule has 0 aromatic carbocycles. The smallest absolute Gasteiger partial charge is 0.236 e. The number of amides is 1. The Morgan fingerprint density at radius 1 is 1.53 bits per heavy atom. The predicted molar refractivity (Wildman–Crippen MR) is 71.0 cm³/mol. The SMILES string of the molecule is CCCCNC(=O)C(C)NCC1CCCN1C. The van der Waals surface area contributed by atoms with Gasteiger partial charge in [-0.2, -0.15) is 0 Å². The summed E-state index contributed by atoms with van der Waals surface area (Å²) in [7, 11) is 2.16. The monoisotopic (exact) mass is 241 g/mol. The van der Waals surface area contributed by atoms with Gasteiger partial charge < -0.3 is 15.5 Å². The minimum Gasteiger partial charge on any atom is -0.355 e. The fourth-order valence-corrected chi connectivity index (χ4v) is 2.18. The Kier molecular flexibility index (Phi) is 6.52. The highest BCUT2D eigenvalue weighted by Crippen LogP contribution is 2.13. The number of rotatable bonds is 7. The zero-order chi connectivity index (χ0) is 12.7. The summed E-state index contributed by atoms with van der Waals surface area (Å²) >= 11 is 0. The number of likely N-dealkylation sites (tertiary alicyclic amines) is 1. The van der Waals surface area contributed by atoms with Crippen molar-refractivity contribution in [2.45, 2.75) is 51.6 Å². The van der Waals surface area contributed by atoms with Gasteiger partial charge in [-0.05, 0) is 39.8 Å². The fraction of sp³-hybridized carbons (Fsp3) is 0.923. The first-order chi connectivity index (χ1) is 8.15. The third-order valence-corrected chi connectivity index (χ3v) is 3.55. The second kappa shape index (κ2) is 7.67. The first-order valence-corrected chi connectivity index (χ1v) is 6.86. The van der Waals surface area contributed by atoms with E-state index in [4.69, 9.17) is 0 Å². The molecule has 1 aliphatic heterocycles. The van der Waals surface area contributed by atoms with E-state index in [1.165, 1.54) is 19.4 Å². The number of unbranched alkanes of at least 4 members (excludes halogenated alkanes) is 1. The quantitative estimate of drug-likeness (QED) is 0.653. The Balaban J connectivity index is 2.15. The van der Waals surface area contributed by atoms with E-state index in [1.807, 2.05) is 6.92 Å². The van der Waals surface area contributed by atoms with E-state index >= 15 is 0 Å². The van der Waals surface area contributed by atoms with Crippen LogP contribution in [0.4, 0.5) is 0 Å². The maximum atomic E-state index is 11.7. The van der Waals surface area contributed by atoms with Gasteiger partial charge in [0.25, 0.3) is 0 Å². The molecule has 0 spiro atoms. The summed E-state index contributed by atoms with van der Waals surface area (Å²) in [5, 5.41) is 6.28. The van der Waals surface area contributed by atoms with E-state index in [0.29, 0.717) is 6.04 Å². The van der Waals surface area contributed by atoms with Crippen molar-refractivity contribution in [2.24, 2.45) is 0 Å². The van der Waals surface area contributed by atoms with Gasteiger partial charge in [-0.1, -0.05) is 13.3 Å². The lowest BCUT2D eigenvalue weighted by molar-refractivity contribution is -0.122. The molecule has 4 heteroatoms. The Labute approximate surface area is 105 Å². The van der Waals surface area contributed by atoms with Crippen molar-refractivity contribution in [2.75, 3.05) is 26.7 Å². The lowest BCUT2D eigenvalue weighted by Gasteiger charge is -2.22. The lowest BCUT2D eigenvalue weighted by atomic mass is 10.2. The summed E-state index contributed by atoms with van der Waals surface area (Å²) < 4.78 is 0. The molecule has 0 bridgehead atoms. The van der Waals surface area contributed by atoms with Gasteiger partial charge in [0.2, 0.25) is 5.91 Å². The Morgan fingerprint density at radius 3 is 2.88 bits per heavy atom. The van der Waals surface area contributed by atoms with Crippen LogP contribution < -0.4 is 10.6 Å². The van der Waals surface area contributed by atoms with Gasteiger partial charge in [0.1, 0.15) is 0 Å². The second-order valence-corrected chi connectivity index (χ2v) is 5.05. The number of nitrogens with one attached hydrogen (secondary N) is 2. The molecule has 17 heavy (non-hydrogen) atoms. The van der Waals surface area contributed by atoms with E-state index in [2.05, 4.69) is 29.5 Å². The maximum absolute atomic E-state index is 11.7. The topological polar surface area (TPSA) is 44.4 Å². The van der Waals surface area contributed by atoms with E-state index in [9.17, 15) is 4.79 Å². The number of likely N-dealkylation sites (N-methyl/N-ethyl adjacent to an activating group) is 1. The standard InChI is InChI=1S/C13H27N3O/c1-4-5-8-14-13(17)11(2)15-10-12-7-6-9-16(12)3/h11-12,15H,4-10H2,1-3H3,(H,14,17). The predicted octanol–water partition coefficient (Wildman–Crippen LogP) is 0.975. The molecule has 4 nitrogen and oxygen atoms in total. The molecule has 1 fully saturated rings. The van der Waals surface area contributed by atoms with E-state index in [0.717, 1.165) is 25.9 Å². The molecule has 1 heterocycles. The first-order valence-electron chi connectivity index (χ1n) is 6.86. The first kappa shape index (κ1) is 14.5. The van der Waals surface area contributed by atoms with Crippen molar-refractivity contribution in [3.05, 3.63) is 0 Å². The fourth-order valence-electron chi connectivity index (χ4n) is 2.18. The average molecular weight is 241 g/mol. The van der Waals surface area contributed by atoms with Crippen molar-refractivity contribution in [3.8, 4) is 0 Å². The molecule has 2 atom stereocenters. The summed E-state index contributed by atoms with van der Waals surface area (Å²) in [6, 6.07) is 0.516. The van der Waals surface area contributed by atoms with Gasteiger partial charge in [0.15, 0.2) is 0 Å². The van der Waals surface area contributed by atoms with E-state index in [1.54, 1.807) is 0 Å². The van der Waals surface area contributed by atoms with Crippen LogP contribution in [0.25, 0.3) is 0 Å². The molecular formula is C13H27N3O. The summed E-state index contributed by atoms with van der Waals surface area (Å²) in [4.78, 5) is 14.1. The van der Waals surface area contributed by atoms with Gasteiger partial charge in [-0.15, -0.1) is 0 Å². The minimum atomic E-state index is -0.0825. The molecule has 1 saturated heterocycles. The third-order valence-electron chi connectivity index (χ3n) is 3.55. The molecule has 100 valence electrons. The highest BCUT2D eigenvalue weighted by atomic mass is 16.2. The normalized spacial score (nSPS) is 22.6. The number of carbonyl (C=O) groups excluding carboxylic acids is 1. The summed E-state index contributed by atoms with van der Waals surface area (Å²) in [5.74, 6) is 0.124. The van der Waals surface area contributed by atoms with Gasteiger partial charge in [0.05, 0.1) is 6.04 Å². The lowest BCUT2D eigenvalue weighted by Crippen LogP contribution is -2.46. The summed E-state index contributed by atoms with van der Waals surface area (Å²) in [5.41, 5.74) is 0. The van der Waals surface area contributed by atoms with Crippen LogP contribution in [0.15, 0.2) is 0 Å². The molecule has 0 aromatic heterocycles. The number of nitrogens with zero attached hydrogens (tertiary/aromatic N) is 1. The van der Waals surface area contributed by atoms with Crippen LogP contribution in [0.5, 0.6) is 0 Å². The molecule has 2 unspecified atom stereocenters. The van der Waals surface area contributed by atoms with Crippen LogP contribution >= 0.6 is 0 Å². The molecule has 1 amide bonds. The number of hydrogen-bond acceptors (Lipinski definition) is 3. The van der Waals surface area contributed by atoms with Crippen LogP contribution in [0.3, 0.4) is 0 Å². The molecule has 0 aromatic rings. The molecule has 2 N–H and O–H groups in total. The zero-order valence-corrected chi connectivity index (χ0v) is 11.5. The minimum absolute atomic E-state index is 0.0825. The van der Waals surface area contributed by atoms with Gasteiger partial charge in [-0.3, -0.25) is 4.79 Å². The molecular weight excluding hydrogens is 214 g/mol. The van der Waals surface area contributed by atoms with Gasteiger partial charge in [0, 0.05) is 19.1 Å².